The Bertz CT molecular complexity index is 499. The fourth-order valence-corrected chi connectivity index (χ4v) is 2.80. The number of halogens is 1. The highest BCUT2D eigenvalue weighted by atomic mass is 32.2. The van der Waals surface area contributed by atoms with E-state index in [1.165, 1.54) is 0 Å². The van der Waals surface area contributed by atoms with Gasteiger partial charge in [-0.1, -0.05) is 0 Å². The summed E-state index contributed by atoms with van der Waals surface area (Å²) in [6.07, 6.45) is 0.479. The lowest BCUT2D eigenvalue weighted by Gasteiger charge is -2.22. The van der Waals surface area contributed by atoms with Crippen molar-refractivity contribution >= 4 is 16.8 Å². The number of carbonyl (C=O) groups is 1. The molecule has 1 N–H and O–H groups in total. The molecular weight excluding hydrogens is 271 g/mol. The summed E-state index contributed by atoms with van der Waals surface area (Å²) in [5, 5.41) is 8.84. The highest BCUT2D eigenvalue weighted by molar-refractivity contribution is 7.85. The van der Waals surface area contributed by atoms with Crippen LogP contribution >= 0.6 is 0 Å². The van der Waals surface area contributed by atoms with Gasteiger partial charge in [-0.3, -0.25) is 4.21 Å². The molecule has 0 saturated carbocycles. The monoisotopic (exact) mass is 288 g/mol. The summed E-state index contributed by atoms with van der Waals surface area (Å²) in [5.74, 6) is -1.62. The van der Waals surface area contributed by atoms with Crippen molar-refractivity contribution in [2.45, 2.75) is 30.8 Å². The number of carboxylic acid groups (broad SMARTS) is 1. The van der Waals surface area contributed by atoms with Crippen molar-refractivity contribution in [3.05, 3.63) is 29.6 Å². The average molecular weight is 288 g/mol. The highest BCUT2D eigenvalue weighted by Gasteiger charge is 2.20. The standard InChI is InChI=1S/C13H17FO4S/c1-13(2,18-3)6-7-19(17)11-8-9(12(15)16)4-5-10(11)14/h4-5,8H,6-7H2,1-3H3,(H,15,16). The SMILES string of the molecule is COC(C)(C)CCS(=O)c1cc(C(=O)O)ccc1F. The van der Waals surface area contributed by atoms with Gasteiger partial charge in [0.25, 0.3) is 0 Å². The maximum atomic E-state index is 13.6. The third-order valence-corrected chi connectivity index (χ3v) is 4.24. The number of methoxy groups -OCH3 is 1. The summed E-state index contributed by atoms with van der Waals surface area (Å²) in [6.45, 7) is 3.68. The summed E-state index contributed by atoms with van der Waals surface area (Å²) < 4.78 is 30.8. The van der Waals surface area contributed by atoms with Crippen LogP contribution in [-0.4, -0.2) is 33.7 Å². The Morgan fingerprint density at radius 1 is 1.47 bits per heavy atom. The molecule has 1 aromatic carbocycles. The first-order chi connectivity index (χ1) is 8.76. The fourth-order valence-electron chi connectivity index (χ4n) is 1.36. The summed E-state index contributed by atoms with van der Waals surface area (Å²) in [7, 11) is -0.0381. The fraction of sp³-hybridized carbons (Fsp3) is 0.462. The van der Waals surface area contributed by atoms with Gasteiger partial charge in [0.15, 0.2) is 0 Å². The molecule has 0 spiro atoms. The molecule has 0 saturated heterocycles. The smallest absolute Gasteiger partial charge is 0.335 e. The second-order valence-electron chi connectivity index (χ2n) is 4.71. The van der Waals surface area contributed by atoms with Crippen LogP contribution in [0.3, 0.4) is 0 Å². The molecule has 0 amide bonds. The van der Waals surface area contributed by atoms with E-state index in [4.69, 9.17) is 9.84 Å². The van der Waals surface area contributed by atoms with Crippen LogP contribution in [0.4, 0.5) is 4.39 Å². The molecule has 1 aromatic rings. The quantitative estimate of drug-likeness (QED) is 0.873. The zero-order valence-corrected chi connectivity index (χ0v) is 11.9. The van der Waals surface area contributed by atoms with Gasteiger partial charge in [0.1, 0.15) is 5.82 Å². The number of hydrogen-bond acceptors (Lipinski definition) is 3. The van der Waals surface area contributed by atoms with Crippen LogP contribution in [0.25, 0.3) is 0 Å². The molecule has 1 atom stereocenters. The van der Waals surface area contributed by atoms with Crippen molar-refractivity contribution in [2.24, 2.45) is 0 Å². The first-order valence-corrected chi connectivity index (χ1v) is 7.05. The summed E-state index contributed by atoms with van der Waals surface area (Å²) in [4.78, 5) is 10.7. The predicted octanol–water partition coefficient (Wildman–Crippen LogP) is 2.45. The van der Waals surface area contributed by atoms with Gasteiger partial charge in [-0.25, -0.2) is 9.18 Å². The normalized spacial score (nSPS) is 13.3. The number of benzene rings is 1. The van der Waals surface area contributed by atoms with E-state index >= 15 is 0 Å². The Morgan fingerprint density at radius 3 is 2.63 bits per heavy atom. The van der Waals surface area contributed by atoms with E-state index in [0.29, 0.717) is 6.42 Å². The minimum Gasteiger partial charge on any atom is -0.478 e. The Hall–Kier alpha value is -1.27. The van der Waals surface area contributed by atoms with Crippen LogP contribution in [-0.2, 0) is 15.5 Å². The zero-order chi connectivity index (χ0) is 14.6. The Labute approximate surface area is 114 Å². The molecule has 0 heterocycles. The minimum absolute atomic E-state index is 0.0734. The topological polar surface area (TPSA) is 63.6 Å². The summed E-state index contributed by atoms with van der Waals surface area (Å²) in [5.41, 5.74) is -0.521. The van der Waals surface area contributed by atoms with E-state index in [1.807, 2.05) is 13.8 Å². The number of ether oxygens (including phenoxy) is 1. The van der Waals surface area contributed by atoms with Crippen molar-refractivity contribution in [2.75, 3.05) is 12.9 Å². The average Bonchev–Trinajstić information content (AvgIpc) is 2.36. The van der Waals surface area contributed by atoms with E-state index < -0.39 is 28.2 Å². The van der Waals surface area contributed by atoms with Crippen LogP contribution in [0.5, 0.6) is 0 Å². The van der Waals surface area contributed by atoms with E-state index in [0.717, 1.165) is 18.2 Å². The lowest BCUT2D eigenvalue weighted by molar-refractivity contribution is 0.0205. The number of aromatic carboxylic acids is 1. The molecule has 0 fully saturated rings. The van der Waals surface area contributed by atoms with E-state index in [1.54, 1.807) is 7.11 Å². The Balaban J connectivity index is 2.88. The van der Waals surface area contributed by atoms with Gasteiger partial charge >= 0.3 is 5.97 Å². The van der Waals surface area contributed by atoms with Crippen molar-refractivity contribution in [1.82, 2.24) is 0 Å². The molecule has 19 heavy (non-hydrogen) atoms. The third kappa shape index (κ3) is 4.40. The molecule has 0 aromatic heterocycles. The van der Waals surface area contributed by atoms with Crippen molar-refractivity contribution in [3.8, 4) is 0 Å². The number of hydrogen-bond donors (Lipinski definition) is 1. The minimum atomic E-state index is -1.59. The maximum absolute atomic E-state index is 13.6. The lowest BCUT2D eigenvalue weighted by Crippen LogP contribution is -2.25. The zero-order valence-electron chi connectivity index (χ0n) is 11.1. The predicted molar refractivity (Wildman–Crippen MR) is 70.3 cm³/mol. The molecule has 1 unspecified atom stereocenters. The molecule has 0 aliphatic rings. The van der Waals surface area contributed by atoms with Gasteiger partial charge in [-0.15, -0.1) is 0 Å². The van der Waals surface area contributed by atoms with Crippen molar-refractivity contribution < 1.29 is 23.2 Å². The largest absolute Gasteiger partial charge is 0.478 e. The van der Waals surface area contributed by atoms with Crippen LogP contribution in [0, 0.1) is 5.82 Å². The van der Waals surface area contributed by atoms with Crippen LogP contribution < -0.4 is 0 Å². The molecule has 0 radical (unpaired) electrons. The number of rotatable bonds is 6. The molecule has 4 nitrogen and oxygen atoms in total. The molecule has 0 aliphatic heterocycles. The highest BCUT2D eigenvalue weighted by Crippen LogP contribution is 2.19. The second-order valence-corrected chi connectivity index (χ2v) is 6.25. The van der Waals surface area contributed by atoms with Gasteiger partial charge in [-0.05, 0) is 38.5 Å². The first-order valence-electron chi connectivity index (χ1n) is 5.73. The number of carboxylic acids is 1. The van der Waals surface area contributed by atoms with Gasteiger partial charge in [0.05, 0.1) is 26.9 Å². The molecule has 106 valence electrons. The molecule has 0 aliphatic carbocycles. The van der Waals surface area contributed by atoms with Gasteiger partial charge in [0, 0.05) is 12.9 Å². The Kier molecular flexibility index (Phi) is 5.20. The first kappa shape index (κ1) is 15.8. The third-order valence-electron chi connectivity index (χ3n) is 2.87. The molecule has 0 bridgehead atoms. The molecule has 1 rings (SSSR count). The van der Waals surface area contributed by atoms with Crippen molar-refractivity contribution in [3.63, 3.8) is 0 Å². The van der Waals surface area contributed by atoms with E-state index in [2.05, 4.69) is 0 Å². The van der Waals surface area contributed by atoms with E-state index in [9.17, 15) is 13.4 Å². The Morgan fingerprint density at radius 2 is 2.11 bits per heavy atom. The molecular formula is C13H17FO4S. The van der Waals surface area contributed by atoms with Gasteiger partial charge in [0.2, 0.25) is 0 Å². The summed E-state index contributed by atoms with van der Waals surface area (Å²) in [6, 6.07) is 3.29. The molecule has 6 heteroatoms. The van der Waals surface area contributed by atoms with Gasteiger partial charge < -0.3 is 9.84 Å². The van der Waals surface area contributed by atoms with E-state index in [-0.39, 0.29) is 16.2 Å². The van der Waals surface area contributed by atoms with Crippen LogP contribution in [0.2, 0.25) is 0 Å². The summed E-state index contributed by atoms with van der Waals surface area (Å²) >= 11 is 0. The lowest BCUT2D eigenvalue weighted by atomic mass is 10.1. The second kappa shape index (κ2) is 6.25. The van der Waals surface area contributed by atoms with Crippen LogP contribution in [0.1, 0.15) is 30.6 Å². The maximum Gasteiger partial charge on any atom is 0.335 e. The van der Waals surface area contributed by atoms with Crippen LogP contribution in [0.15, 0.2) is 23.1 Å². The van der Waals surface area contributed by atoms with Crippen molar-refractivity contribution in [1.29, 1.82) is 0 Å². The van der Waals surface area contributed by atoms with Gasteiger partial charge in [-0.2, -0.15) is 0 Å².